The molecule has 0 bridgehead atoms. The molecule has 0 radical (unpaired) electrons. The van der Waals surface area contributed by atoms with Gasteiger partial charge in [0.25, 0.3) is 0 Å². The van der Waals surface area contributed by atoms with Crippen LogP contribution in [-0.2, 0) is 0 Å². The van der Waals surface area contributed by atoms with E-state index in [0.717, 1.165) is 16.5 Å². The van der Waals surface area contributed by atoms with Crippen molar-refractivity contribution in [1.29, 1.82) is 0 Å². The summed E-state index contributed by atoms with van der Waals surface area (Å²) in [6.07, 6.45) is 0. The number of amidine groups is 1. The van der Waals surface area contributed by atoms with Crippen LogP contribution < -0.4 is 11.5 Å². The van der Waals surface area contributed by atoms with Crippen LogP contribution in [0.2, 0.25) is 5.02 Å². The Morgan fingerprint density at radius 3 is 2.71 bits per heavy atom. The lowest BCUT2D eigenvalue weighted by molar-refractivity contribution is 0.318. The molecule has 5 N–H and O–H groups in total. The zero-order chi connectivity index (χ0) is 17.1. The predicted molar refractivity (Wildman–Crippen MR) is 96.1 cm³/mol. The number of oxime groups is 1. The molecule has 6 heteroatoms. The van der Waals surface area contributed by atoms with E-state index in [9.17, 15) is 0 Å². The number of aromatic nitrogens is 1. The standard InChI is InChI=1S/C18H13ClN4O/c19-15-6-2-5-14-12(10-16(20)22-17(14)15)8-7-11-3-1-4-13(9-11)18(21)23-24/h1-6,9-10,24H,(H2,20,22)(H2,21,23). The molecule has 0 amide bonds. The first-order valence-electron chi connectivity index (χ1n) is 7.03. The second kappa shape index (κ2) is 6.49. The number of pyridine rings is 1. The van der Waals surface area contributed by atoms with Crippen LogP contribution in [0.4, 0.5) is 5.82 Å². The Balaban J connectivity index is 2.09. The number of nitrogen functional groups attached to an aromatic ring is 1. The molecule has 0 fully saturated rings. The van der Waals surface area contributed by atoms with Crippen LogP contribution in [-0.4, -0.2) is 16.0 Å². The molecular weight excluding hydrogens is 324 g/mol. The van der Waals surface area contributed by atoms with Crippen molar-refractivity contribution in [2.24, 2.45) is 10.9 Å². The third-order valence-electron chi connectivity index (χ3n) is 3.42. The smallest absolute Gasteiger partial charge is 0.170 e. The van der Waals surface area contributed by atoms with Crippen molar-refractivity contribution in [3.05, 3.63) is 70.2 Å². The number of rotatable bonds is 1. The molecule has 24 heavy (non-hydrogen) atoms. The molecule has 2 aromatic carbocycles. The Hall–Kier alpha value is -3.23. The van der Waals surface area contributed by atoms with Gasteiger partial charge in [0.1, 0.15) is 5.82 Å². The summed E-state index contributed by atoms with van der Waals surface area (Å²) in [5.74, 6) is 6.52. The van der Waals surface area contributed by atoms with Crippen molar-refractivity contribution in [3.8, 4) is 11.8 Å². The van der Waals surface area contributed by atoms with E-state index < -0.39 is 0 Å². The third kappa shape index (κ3) is 3.09. The van der Waals surface area contributed by atoms with Gasteiger partial charge in [0.15, 0.2) is 5.84 Å². The van der Waals surface area contributed by atoms with E-state index in [1.807, 2.05) is 18.2 Å². The number of hydrogen-bond donors (Lipinski definition) is 3. The summed E-state index contributed by atoms with van der Waals surface area (Å²) in [5.41, 5.74) is 14.1. The van der Waals surface area contributed by atoms with Crippen LogP contribution in [0.5, 0.6) is 0 Å². The average Bonchev–Trinajstić information content (AvgIpc) is 2.60. The van der Waals surface area contributed by atoms with Crippen LogP contribution in [0.3, 0.4) is 0 Å². The molecule has 0 aliphatic rings. The highest BCUT2D eigenvalue weighted by Gasteiger charge is 2.06. The van der Waals surface area contributed by atoms with E-state index in [2.05, 4.69) is 22.0 Å². The van der Waals surface area contributed by atoms with Gasteiger partial charge in [-0.15, -0.1) is 0 Å². The summed E-state index contributed by atoms with van der Waals surface area (Å²) < 4.78 is 0. The minimum atomic E-state index is 0.0315. The molecule has 0 saturated carbocycles. The summed E-state index contributed by atoms with van der Waals surface area (Å²) in [6.45, 7) is 0. The van der Waals surface area contributed by atoms with Crippen molar-refractivity contribution in [2.75, 3.05) is 5.73 Å². The predicted octanol–water partition coefficient (Wildman–Crippen LogP) is 2.96. The van der Waals surface area contributed by atoms with Gasteiger partial charge in [-0.05, 0) is 24.3 Å². The maximum absolute atomic E-state index is 8.76. The molecule has 0 unspecified atom stereocenters. The third-order valence-corrected chi connectivity index (χ3v) is 3.72. The maximum atomic E-state index is 8.76. The summed E-state index contributed by atoms with van der Waals surface area (Å²) in [7, 11) is 0. The number of anilines is 1. The van der Waals surface area contributed by atoms with Gasteiger partial charge in [-0.3, -0.25) is 0 Å². The second-order valence-electron chi connectivity index (χ2n) is 5.05. The van der Waals surface area contributed by atoms with E-state index in [4.69, 9.17) is 28.3 Å². The minimum absolute atomic E-state index is 0.0315. The van der Waals surface area contributed by atoms with Gasteiger partial charge in [0.05, 0.1) is 10.5 Å². The fourth-order valence-corrected chi connectivity index (χ4v) is 2.51. The number of nitrogens with two attached hydrogens (primary N) is 2. The first kappa shape index (κ1) is 15.7. The van der Waals surface area contributed by atoms with Gasteiger partial charge in [-0.25, -0.2) is 4.98 Å². The van der Waals surface area contributed by atoms with Gasteiger partial charge < -0.3 is 16.7 Å². The summed E-state index contributed by atoms with van der Waals surface area (Å²) in [5, 5.41) is 13.1. The first-order chi connectivity index (χ1) is 11.6. The molecule has 3 rings (SSSR count). The molecule has 1 aromatic heterocycles. The molecule has 118 valence electrons. The van der Waals surface area contributed by atoms with E-state index >= 15 is 0 Å². The highest BCUT2D eigenvalue weighted by Crippen LogP contribution is 2.25. The molecule has 0 aliphatic heterocycles. The van der Waals surface area contributed by atoms with E-state index in [0.29, 0.717) is 21.9 Å². The van der Waals surface area contributed by atoms with Crippen molar-refractivity contribution in [1.82, 2.24) is 4.98 Å². The van der Waals surface area contributed by atoms with Gasteiger partial charge in [0, 0.05) is 22.1 Å². The summed E-state index contributed by atoms with van der Waals surface area (Å²) >= 11 is 6.17. The molecule has 1 heterocycles. The molecule has 0 aliphatic carbocycles. The maximum Gasteiger partial charge on any atom is 0.170 e. The molecular formula is C18H13ClN4O. The van der Waals surface area contributed by atoms with Crippen LogP contribution in [0, 0.1) is 11.8 Å². The fraction of sp³-hybridized carbons (Fsp3) is 0. The van der Waals surface area contributed by atoms with E-state index in [1.165, 1.54) is 0 Å². The van der Waals surface area contributed by atoms with Crippen molar-refractivity contribution in [2.45, 2.75) is 0 Å². The van der Waals surface area contributed by atoms with Gasteiger partial charge in [-0.2, -0.15) is 0 Å². The van der Waals surface area contributed by atoms with Crippen molar-refractivity contribution in [3.63, 3.8) is 0 Å². The highest BCUT2D eigenvalue weighted by molar-refractivity contribution is 6.35. The molecule has 3 aromatic rings. The Kier molecular flexibility index (Phi) is 4.23. The van der Waals surface area contributed by atoms with Gasteiger partial charge in [-0.1, -0.05) is 52.9 Å². The normalized spacial score (nSPS) is 11.1. The number of nitrogens with zero attached hydrogens (tertiary/aromatic N) is 2. The Bertz CT molecular complexity index is 1020. The van der Waals surface area contributed by atoms with Gasteiger partial charge >= 0.3 is 0 Å². The summed E-state index contributed by atoms with van der Waals surface area (Å²) in [6, 6.07) is 14.3. The van der Waals surface area contributed by atoms with Crippen LogP contribution in [0.15, 0.2) is 53.7 Å². The average molecular weight is 337 g/mol. The monoisotopic (exact) mass is 336 g/mol. The number of halogens is 1. The van der Waals surface area contributed by atoms with Crippen molar-refractivity contribution < 1.29 is 5.21 Å². The number of benzene rings is 2. The van der Waals surface area contributed by atoms with E-state index in [1.54, 1.807) is 30.3 Å². The number of para-hydroxylation sites is 1. The Morgan fingerprint density at radius 2 is 1.92 bits per heavy atom. The Labute approximate surface area is 143 Å². The quantitative estimate of drug-likeness (QED) is 0.209. The number of hydrogen-bond acceptors (Lipinski definition) is 4. The lowest BCUT2D eigenvalue weighted by Crippen LogP contribution is -2.12. The van der Waals surface area contributed by atoms with Crippen LogP contribution >= 0.6 is 11.6 Å². The molecule has 5 nitrogen and oxygen atoms in total. The lowest BCUT2D eigenvalue weighted by atomic mass is 10.1. The minimum Gasteiger partial charge on any atom is -0.409 e. The summed E-state index contributed by atoms with van der Waals surface area (Å²) in [4.78, 5) is 4.26. The highest BCUT2D eigenvalue weighted by atomic mass is 35.5. The Morgan fingerprint density at radius 1 is 1.12 bits per heavy atom. The number of fused-ring (bicyclic) bond motifs is 1. The lowest BCUT2D eigenvalue weighted by Gasteiger charge is -2.04. The molecule has 0 spiro atoms. The van der Waals surface area contributed by atoms with Crippen molar-refractivity contribution >= 4 is 34.2 Å². The topological polar surface area (TPSA) is 97.5 Å². The van der Waals surface area contributed by atoms with Crippen LogP contribution in [0.25, 0.3) is 10.9 Å². The second-order valence-corrected chi connectivity index (χ2v) is 5.45. The zero-order valence-corrected chi connectivity index (χ0v) is 13.2. The van der Waals surface area contributed by atoms with E-state index in [-0.39, 0.29) is 5.84 Å². The SMILES string of the molecule is NC(=NO)c1cccc(C#Cc2cc(N)nc3c(Cl)cccc23)c1. The molecule has 0 saturated heterocycles. The largest absolute Gasteiger partial charge is 0.409 e. The zero-order valence-electron chi connectivity index (χ0n) is 12.5. The van der Waals surface area contributed by atoms with Crippen LogP contribution in [0.1, 0.15) is 16.7 Å². The first-order valence-corrected chi connectivity index (χ1v) is 7.41. The molecule has 0 atom stereocenters. The van der Waals surface area contributed by atoms with Gasteiger partial charge in [0.2, 0.25) is 0 Å². The fourth-order valence-electron chi connectivity index (χ4n) is 2.29.